The molecule has 64 valence electrons. The Kier molecular flexibility index (Phi) is 3.88. The smallest absolute Gasteiger partial charge is 0.192 e. The van der Waals surface area contributed by atoms with Crippen LogP contribution >= 0.6 is 0 Å². The lowest BCUT2D eigenvalue weighted by molar-refractivity contribution is -0.143. The van der Waals surface area contributed by atoms with Crippen molar-refractivity contribution in [3.8, 4) is 0 Å². The molecule has 0 rings (SSSR count). The Morgan fingerprint density at radius 1 is 1.36 bits per heavy atom. The molecular formula is C6H10O5. The standard InChI is InChI=1S/C6H10O5/c1-3(8)5(10)6(11)4(9)2-7/h2-4,6,8-9,11H,1H3/t3-,4+,6-/m1/s1. The summed E-state index contributed by atoms with van der Waals surface area (Å²) in [6, 6.07) is 0. The highest BCUT2D eigenvalue weighted by Gasteiger charge is 2.26. The Morgan fingerprint density at radius 2 is 1.82 bits per heavy atom. The van der Waals surface area contributed by atoms with Gasteiger partial charge in [0.25, 0.3) is 0 Å². The fourth-order valence-corrected chi connectivity index (χ4v) is 0.490. The van der Waals surface area contributed by atoms with Gasteiger partial charge in [0.15, 0.2) is 12.1 Å². The van der Waals surface area contributed by atoms with Gasteiger partial charge in [-0.25, -0.2) is 0 Å². The molecule has 0 unspecified atom stereocenters. The molecule has 0 bridgehead atoms. The Bertz CT molecular complexity index is 153. The maximum atomic E-state index is 10.6. The molecule has 11 heavy (non-hydrogen) atoms. The highest BCUT2D eigenvalue weighted by molar-refractivity contribution is 5.89. The van der Waals surface area contributed by atoms with E-state index in [-0.39, 0.29) is 6.29 Å². The van der Waals surface area contributed by atoms with Gasteiger partial charge in [-0.05, 0) is 6.92 Å². The van der Waals surface area contributed by atoms with Crippen LogP contribution in [0.5, 0.6) is 0 Å². The number of aliphatic hydroxyl groups is 3. The van der Waals surface area contributed by atoms with Crippen molar-refractivity contribution >= 4 is 12.1 Å². The van der Waals surface area contributed by atoms with E-state index in [1.54, 1.807) is 0 Å². The van der Waals surface area contributed by atoms with Gasteiger partial charge in [-0.2, -0.15) is 0 Å². The van der Waals surface area contributed by atoms with Crippen LogP contribution in [0.4, 0.5) is 0 Å². The van der Waals surface area contributed by atoms with Gasteiger partial charge in [0.05, 0.1) is 0 Å². The van der Waals surface area contributed by atoms with Gasteiger partial charge in [0, 0.05) is 0 Å². The van der Waals surface area contributed by atoms with E-state index in [0.29, 0.717) is 0 Å². The van der Waals surface area contributed by atoms with E-state index >= 15 is 0 Å². The van der Waals surface area contributed by atoms with E-state index in [2.05, 4.69) is 0 Å². The molecule has 0 amide bonds. The lowest BCUT2D eigenvalue weighted by atomic mass is 10.1. The first kappa shape index (κ1) is 10.2. The molecule has 0 aliphatic rings. The minimum Gasteiger partial charge on any atom is -0.386 e. The molecule has 0 spiro atoms. The van der Waals surface area contributed by atoms with Crippen LogP contribution in [-0.2, 0) is 9.59 Å². The number of rotatable bonds is 4. The van der Waals surface area contributed by atoms with Crippen molar-refractivity contribution in [3.05, 3.63) is 0 Å². The molecule has 5 heteroatoms. The minimum absolute atomic E-state index is 0.0327. The number of Topliss-reactive ketones (excluding diaryl/α,β-unsaturated/α-hetero) is 1. The van der Waals surface area contributed by atoms with Crippen molar-refractivity contribution in [1.82, 2.24) is 0 Å². The summed E-state index contributed by atoms with van der Waals surface area (Å²) < 4.78 is 0. The predicted octanol–water partition coefficient (Wildman–Crippen LogP) is -2.14. The summed E-state index contributed by atoms with van der Waals surface area (Å²) in [5.74, 6) is -0.968. The molecule has 0 aliphatic heterocycles. The highest BCUT2D eigenvalue weighted by atomic mass is 16.3. The van der Waals surface area contributed by atoms with E-state index in [4.69, 9.17) is 15.3 Å². The zero-order valence-electron chi connectivity index (χ0n) is 5.97. The van der Waals surface area contributed by atoms with Crippen LogP contribution in [0, 0.1) is 0 Å². The van der Waals surface area contributed by atoms with Gasteiger partial charge >= 0.3 is 0 Å². The Balaban J connectivity index is 4.12. The van der Waals surface area contributed by atoms with Crippen LogP contribution in [-0.4, -0.2) is 45.7 Å². The van der Waals surface area contributed by atoms with E-state index in [1.165, 1.54) is 0 Å². The molecule has 0 radical (unpaired) electrons. The molecule has 0 aromatic heterocycles. The molecule has 0 aliphatic carbocycles. The van der Waals surface area contributed by atoms with E-state index in [0.717, 1.165) is 6.92 Å². The average molecular weight is 162 g/mol. The van der Waals surface area contributed by atoms with Crippen LogP contribution < -0.4 is 0 Å². The van der Waals surface area contributed by atoms with Gasteiger partial charge in [0.2, 0.25) is 0 Å². The highest BCUT2D eigenvalue weighted by Crippen LogP contribution is 1.96. The first-order valence-electron chi connectivity index (χ1n) is 3.04. The summed E-state index contributed by atoms with van der Waals surface area (Å²) in [6.45, 7) is 1.14. The fraction of sp³-hybridized carbons (Fsp3) is 0.667. The normalized spacial score (nSPS) is 18.5. The van der Waals surface area contributed by atoms with Crippen molar-refractivity contribution < 1.29 is 24.9 Å². The summed E-state index contributed by atoms with van der Waals surface area (Å²) in [6.07, 6.45) is -4.92. The third kappa shape index (κ3) is 2.75. The second-order valence-electron chi connectivity index (χ2n) is 2.15. The molecular weight excluding hydrogens is 152 g/mol. The Hall–Kier alpha value is -0.780. The number of aliphatic hydroxyl groups excluding tert-OH is 3. The summed E-state index contributed by atoms with van der Waals surface area (Å²) >= 11 is 0. The molecule has 3 atom stereocenters. The Morgan fingerprint density at radius 3 is 2.09 bits per heavy atom. The monoisotopic (exact) mass is 162 g/mol. The number of aldehydes is 1. The van der Waals surface area contributed by atoms with Crippen molar-refractivity contribution in [2.75, 3.05) is 0 Å². The second kappa shape index (κ2) is 4.17. The van der Waals surface area contributed by atoms with E-state index in [1.807, 2.05) is 0 Å². The molecule has 3 N–H and O–H groups in total. The largest absolute Gasteiger partial charge is 0.386 e. The van der Waals surface area contributed by atoms with Crippen LogP contribution in [0.3, 0.4) is 0 Å². The van der Waals surface area contributed by atoms with E-state index < -0.39 is 24.1 Å². The van der Waals surface area contributed by atoms with Gasteiger partial charge in [-0.3, -0.25) is 4.79 Å². The lowest BCUT2D eigenvalue weighted by Gasteiger charge is -2.12. The van der Waals surface area contributed by atoms with Gasteiger partial charge in [-0.15, -0.1) is 0 Å². The average Bonchev–Trinajstić information content (AvgIpc) is 2.00. The molecule has 0 saturated carbocycles. The summed E-state index contributed by atoms with van der Waals surface area (Å²) in [5.41, 5.74) is 0. The number of hydrogen-bond acceptors (Lipinski definition) is 5. The zero-order valence-corrected chi connectivity index (χ0v) is 5.97. The maximum Gasteiger partial charge on any atom is 0.192 e. The number of hydrogen-bond donors (Lipinski definition) is 3. The van der Waals surface area contributed by atoms with Crippen molar-refractivity contribution in [1.29, 1.82) is 0 Å². The third-order valence-electron chi connectivity index (χ3n) is 1.17. The molecule has 0 heterocycles. The topological polar surface area (TPSA) is 94.8 Å². The van der Waals surface area contributed by atoms with Gasteiger partial charge < -0.3 is 20.1 Å². The Labute approximate surface area is 63.3 Å². The maximum absolute atomic E-state index is 10.6. The number of ketones is 1. The van der Waals surface area contributed by atoms with Crippen LogP contribution in [0.2, 0.25) is 0 Å². The van der Waals surface area contributed by atoms with Crippen LogP contribution in [0.1, 0.15) is 6.92 Å². The summed E-state index contributed by atoms with van der Waals surface area (Å²) in [4.78, 5) is 20.5. The van der Waals surface area contributed by atoms with Crippen molar-refractivity contribution in [2.45, 2.75) is 25.2 Å². The fourth-order valence-electron chi connectivity index (χ4n) is 0.490. The molecule has 0 saturated heterocycles. The van der Waals surface area contributed by atoms with Crippen molar-refractivity contribution in [3.63, 3.8) is 0 Å². The molecule has 0 fully saturated rings. The predicted molar refractivity (Wildman–Crippen MR) is 34.8 cm³/mol. The molecule has 5 nitrogen and oxygen atoms in total. The summed E-state index contributed by atoms with van der Waals surface area (Å²) in [7, 11) is 0. The molecule has 0 aromatic rings. The molecule has 0 aromatic carbocycles. The first-order valence-corrected chi connectivity index (χ1v) is 3.04. The van der Waals surface area contributed by atoms with Crippen LogP contribution in [0.15, 0.2) is 0 Å². The van der Waals surface area contributed by atoms with Gasteiger partial charge in [0.1, 0.15) is 18.3 Å². The lowest BCUT2D eigenvalue weighted by Crippen LogP contribution is -2.40. The third-order valence-corrected chi connectivity index (χ3v) is 1.17. The number of carbonyl (C=O) groups is 2. The minimum atomic E-state index is -1.83. The van der Waals surface area contributed by atoms with Crippen molar-refractivity contribution in [2.24, 2.45) is 0 Å². The quantitative estimate of drug-likeness (QED) is 0.410. The second-order valence-corrected chi connectivity index (χ2v) is 2.15. The SMILES string of the molecule is C[C@@H](O)C(=O)[C@H](O)[C@@H](O)C=O. The van der Waals surface area contributed by atoms with Gasteiger partial charge in [-0.1, -0.05) is 0 Å². The number of carbonyl (C=O) groups excluding carboxylic acids is 2. The summed E-state index contributed by atoms with van der Waals surface area (Å²) in [5, 5.41) is 26.0. The first-order chi connectivity index (χ1) is 5.00. The van der Waals surface area contributed by atoms with E-state index in [9.17, 15) is 9.59 Å². The zero-order chi connectivity index (χ0) is 9.02. The van der Waals surface area contributed by atoms with Crippen LogP contribution in [0.25, 0.3) is 0 Å².